The number of hydrogen-bond acceptors (Lipinski definition) is 7. The zero-order valence-corrected chi connectivity index (χ0v) is 13.0. The monoisotopic (exact) mass is 335 g/mol. The summed E-state index contributed by atoms with van der Waals surface area (Å²) in [5.41, 5.74) is 0. The van der Waals surface area contributed by atoms with E-state index in [4.69, 9.17) is 20.2 Å². The van der Waals surface area contributed by atoms with Gasteiger partial charge in [-0.05, 0) is 0 Å². The molecule has 0 bridgehead atoms. The van der Waals surface area contributed by atoms with E-state index >= 15 is 0 Å². The lowest BCUT2D eigenvalue weighted by molar-refractivity contribution is -0.117. The summed E-state index contributed by atoms with van der Waals surface area (Å²) >= 11 is 0. The third-order valence-corrected chi connectivity index (χ3v) is 4.22. The van der Waals surface area contributed by atoms with Crippen molar-refractivity contribution in [3.63, 3.8) is 0 Å². The van der Waals surface area contributed by atoms with Crippen LogP contribution in [0.4, 0.5) is 5.82 Å². The van der Waals surface area contributed by atoms with Crippen molar-refractivity contribution in [3.8, 4) is 11.9 Å². The molecule has 0 saturated carbocycles. The third kappa shape index (κ3) is 3.94. The van der Waals surface area contributed by atoms with Gasteiger partial charge >= 0.3 is 6.01 Å². The number of nitrogens with zero attached hydrogens (tertiary/aromatic N) is 3. The maximum atomic E-state index is 12.0. The fourth-order valence-corrected chi connectivity index (χ4v) is 3.44. The van der Waals surface area contributed by atoms with Crippen LogP contribution in [0.1, 0.15) is 6.42 Å². The van der Waals surface area contributed by atoms with Crippen LogP contribution in [0.2, 0.25) is 0 Å². The Hall–Kier alpha value is -1.61. The number of carbonyl (C=O) groups is 1. The quantitative estimate of drug-likeness (QED) is 0.719. The fourth-order valence-electron chi connectivity index (χ4n) is 2.12. The number of methoxy groups -OCH3 is 2. The Bertz CT molecular complexity index is 629. The molecule has 0 N–H and O–H groups in total. The number of carbonyl (C=O) groups excluding carboxylic acids is 1. The first kappa shape index (κ1) is 15.8. The standard InChI is InChI=1S/C11H14ClN3O5S/c1-19-9-4-8(13-11(14-9)20-2)15-5-7(3-10(15)16)6-21(12,17)18/h4,7H,3,5-6H2,1-2H3. The van der Waals surface area contributed by atoms with E-state index in [-0.39, 0.29) is 42.4 Å². The molecule has 2 heterocycles. The van der Waals surface area contributed by atoms with Crippen LogP contribution < -0.4 is 14.4 Å². The molecule has 1 atom stereocenters. The topological polar surface area (TPSA) is 98.7 Å². The van der Waals surface area contributed by atoms with E-state index < -0.39 is 9.05 Å². The second-order valence-corrected chi connectivity index (χ2v) is 7.36. The maximum absolute atomic E-state index is 12.0. The number of amides is 1. The fraction of sp³-hybridized carbons (Fsp3) is 0.545. The van der Waals surface area contributed by atoms with Crippen LogP contribution in [0.5, 0.6) is 11.9 Å². The molecule has 0 radical (unpaired) electrons. The molecule has 0 spiro atoms. The lowest BCUT2D eigenvalue weighted by atomic mass is 10.1. The van der Waals surface area contributed by atoms with Gasteiger partial charge in [-0.1, -0.05) is 0 Å². The SMILES string of the molecule is COc1cc(N2CC(CS(=O)(=O)Cl)CC2=O)nc(OC)n1. The highest BCUT2D eigenvalue weighted by atomic mass is 35.7. The Morgan fingerprint density at radius 3 is 2.67 bits per heavy atom. The summed E-state index contributed by atoms with van der Waals surface area (Å²) in [6.45, 7) is 0.216. The minimum absolute atomic E-state index is 0.0607. The van der Waals surface area contributed by atoms with Crippen molar-refractivity contribution >= 4 is 31.5 Å². The minimum atomic E-state index is -3.65. The lowest BCUT2D eigenvalue weighted by Crippen LogP contribution is -2.26. The van der Waals surface area contributed by atoms with Crippen molar-refractivity contribution in [2.75, 3.05) is 31.4 Å². The van der Waals surface area contributed by atoms with E-state index in [1.807, 2.05) is 0 Å². The normalized spacial score (nSPS) is 18.9. The van der Waals surface area contributed by atoms with E-state index in [2.05, 4.69) is 9.97 Å². The second kappa shape index (κ2) is 6.02. The molecule has 1 unspecified atom stereocenters. The summed E-state index contributed by atoms with van der Waals surface area (Å²) in [4.78, 5) is 21.4. The molecule has 116 valence electrons. The van der Waals surface area contributed by atoms with Crippen molar-refractivity contribution in [2.24, 2.45) is 5.92 Å². The zero-order valence-electron chi connectivity index (χ0n) is 11.4. The van der Waals surface area contributed by atoms with Crippen LogP contribution in [0.15, 0.2) is 6.07 Å². The molecule has 1 amide bonds. The lowest BCUT2D eigenvalue weighted by Gasteiger charge is -2.16. The van der Waals surface area contributed by atoms with Crippen LogP contribution >= 0.6 is 10.7 Å². The van der Waals surface area contributed by atoms with Gasteiger partial charge in [-0.25, -0.2) is 8.42 Å². The predicted octanol–water partition coefficient (Wildman–Crippen LogP) is 0.415. The van der Waals surface area contributed by atoms with Crippen molar-refractivity contribution in [1.29, 1.82) is 0 Å². The Morgan fingerprint density at radius 2 is 2.10 bits per heavy atom. The molecule has 1 saturated heterocycles. The van der Waals surface area contributed by atoms with Crippen molar-refractivity contribution in [1.82, 2.24) is 9.97 Å². The predicted molar refractivity (Wildman–Crippen MR) is 75.2 cm³/mol. The Kier molecular flexibility index (Phi) is 4.52. The van der Waals surface area contributed by atoms with E-state index in [1.165, 1.54) is 25.2 Å². The third-order valence-electron chi connectivity index (χ3n) is 2.98. The smallest absolute Gasteiger partial charge is 0.321 e. The Labute approximate surface area is 126 Å². The molecule has 0 aromatic carbocycles. The minimum Gasteiger partial charge on any atom is -0.481 e. The van der Waals surface area contributed by atoms with Crippen molar-refractivity contribution < 1.29 is 22.7 Å². The highest BCUT2D eigenvalue weighted by molar-refractivity contribution is 8.13. The number of hydrogen-bond donors (Lipinski definition) is 0. The van der Waals surface area contributed by atoms with Crippen molar-refractivity contribution in [3.05, 3.63) is 6.07 Å². The molecular weight excluding hydrogens is 322 g/mol. The maximum Gasteiger partial charge on any atom is 0.321 e. The van der Waals surface area contributed by atoms with Crippen LogP contribution in [-0.2, 0) is 13.8 Å². The van der Waals surface area contributed by atoms with Crippen LogP contribution in [-0.4, -0.2) is 50.8 Å². The summed E-state index contributed by atoms with van der Waals surface area (Å²) in [6, 6.07) is 1.54. The molecule has 1 aliphatic heterocycles. The van der Waals surface area contributed by atoms with Gasteiger partial charge in [0.2, 0.25) is 20.8 Å². The van der Waals surface area contributed by atoms with Crippen LogP contribution in [0, 0.1) is 5.92 Å². The zero-order chi connectivity index (χ0) is 15.6. The first-order valence-electron chi connectivity index (χ1n) is 6.02. The van der Waals surface area contributed by atoms with E-state index in [1.54, 1.807) is 0 Å². The van der Waals surface area contributed by atoms with Crippen LogP contribution in [0.3, 0.4) is 0 Å². The molecule has 1 fully saturated rings. The Balaban J connectivity index is 2.24. The molecule has 0 aliphatic carbocycles. The molecule has 1 aliphatic rings. The molecular formula is C11H14ClN3O5S. The number of halogens is 1. The highest BCUT2D eigenvalue weighted by Gasteiger charge is 2.34. The largest absolute Gasteiger partial charge is 0.481 e. The molecule has 2 rings (SSSR count). The van der Waals surface area contributed by atoms with Gasteiger partial charge in [-0.3, -0.25) is 9.69 Å². The molecule has 21 heavy (non-hydrogen) atoms. The van der Waals surface area contributed by atoms with Gasteiger partial charge in [0.05, 0.1) is 20.0 Å². The number of rotatable bonds is 5. The van der Waals surface area contributed by atoms with Gasteiger partial charge in [0.1, 0.15) is 5.82 Å². The second-order valence-electron chi connectivity index (χ2n) is 4.54. The average molecular weight is 336 g/mol. The summed E-state index contributed by atoms with van der Waals surface area (Å²) < 4.78 is 32.2. The van der Waals surface area contributed by atoms with Gasteiger partial charge in [0.15, 0.2) is 0 Å². The van der Waals surface area contributed by atoms with E-state index in [0.29, 0.717) is 5.82 Å². The van der Waals surface area contributed by atoms with E-state index in [9.17, 15) is 13.2 Å². The van der Waals surface area contributed by atoms with Gasteiger partial charge in [0.25, 0.3) is 0 Å². The average Bonchev–Trinajstić information content (AvgIpc) is 2.76. The van der Waals surface area contributed by atoms with Gasteiger partial charge < -0.3 is 9.47 Å². The Morgan fingerprint density at radius 1 is 1.38 bits per heavy atom. The summed E-state index contributed by atoms with van der Waals surface area (Å²) in [5.74, 6) is -0.304. The first-order chi connectivity index (χ1) is 9.82. The number of aromatic nitrogens is 2. The van der Waals surface area contributed by atoms with E-state index in [0.717, 1.165) is 0 Å². The van der Waals surface area contributed by atoms with Crippen LogP contribution in [0.25, 0.3) is 0 Å². The number of anilines is 1. The molecule has 1 aromatic rings. The number of ether oxygens (including phenoxy) is 2. The van der Waals surface area contributed by atoms with Gasteiger partial charge in [0, 0.05) is 35.6 Å². The molecule has 8 nitrogen and oxygen atoms in total. The van der Waals surface area contributed by atoms with Gasteiger partial charge in [-0.2, -0.15) is 9.97 Å². The molecule has 10 heteroatoms. The highest BCUT2D eigenvalue weighted by Crippen LogP contribution is 2.28. The van der Waals surface area contributed by atoms with Gasteiger partial charge in [-0.15, -0.1) is 0 Å². The van der Waals surface area contributed by atoms with Crippen molar-refractivity contribution in [2.45, 2.75) is 6.42 Å². The summed E-state index contributed by atoms with van der Waals surface area (Å²) in [5, 5.41) is 0. The first-order valence-corrected chi connectivity index (χ1v) is 8.50. The molecule has 1 aromatic heterocycles. The summed E-state index contributed by atoms with van der Waals surface area (Å²) in [7, 11) is 4.40. The summed E-state index contributed by atoms with van der Waals surface area (Å²) in [6.07, 6.45) is 0.0978.